The number of carbonyl (C=O) groups excluding carboxylic acids is 1. The smallest absolute Gasteiger partial charge is 0.217 e. The molecule has 0 spiro atoms. The highest BCUT2D eigenvalue weighted by Gasteiger charge is 2.29. The minimum Gasteiger partial charge on any atom is -0.493 e. The highest BCUT2D eigenvalue weighted by atomic mass is 16.5. The van der Waals surface area contributed by atoms with Gasteiger partial charge in [0.15, 0.2) is 11.5 Å². The van der Waals surface area contributed by atoms with Crippen LogP contribution < -0.4 is 30.3 Å². The number of amides is 1. The van der Waals surface area contributed by atoms with Gasteiger partial charge in [-0.25, -0.2) is 0 Å². The van der Waals surface area contributed by atoms with E-state index in [0.717, 1.165) is 28.7 Å². The molecule has 1 atom stereocenters. The van der Waals surface area contributed by atoms with Gasteiger partial charge in [0, 0.05) is 24.9 Å². The summed E-state index contributed by atoms with van der Waals surface area (Å²) in [5, 5.41) is 6.48. The minimum atomic E-state index is -0.352. The number of methoxy groups -OCH3 is 3. The molecular formula is C36H38N2O5. The van der Waals surface area contributed by atoms with Gasteiger partial charge in [0.1, 0.15) is 0 Å². The Bertz CT molecular complexity index is 1600. The van der Waals surface area contributed by atoms with Crippen molar-refractivity contribution in [3.63, 3.8) is 0 Å². The van der Waals surface area contributed by atoms with E-state index in [0.29, 0.717) is 42.3 Å². The summed E-state index contributed by atoms with van der Waals surface area (Å²) in [6.07, 6.45) is 2.06. The van der Waals surface area contributed by atoms with Crippen LogP contribution in [0.15, 0.2) is 89.7 Å². The molecule has 43 heavy (non-hydrogen) atoms. The third kappa shape index (κ3) is 6.36. The minimum absolute atomic E-state index is 0.143. The van der Waals surface area contributed by atoms with E-state index in [-0.39, 0.29) is 23.3 Å². The van der Waals surface area contributed by atoms with Crippen molar-refractivity contribution in [1.82, 2.24) is 5.32 Å². The molecule has 5 rings (SSSR count). The second-order valence-corrected chi connectivity index (χ2v) is 10.7. The Morgan fingerprint density at radius 3 is 2.09 bits per heavy atom. The lowest BCUT2D eigenvalue weighted by molar-refractivity contribution is -0.119. The summed E-state index contributed by atoms with van der Waals surface area (Å²) in [5.74, 6) is 1.60. The van der Waals surface area contributed by atoms with Gasteiger partial charge in [0.2, 0.25) is 17.1 Å². The lowest BCUT2D eigenvalue weighted by Crippen LogP contribution is -2.26. The Hall–Kier alpha value is -4.78. The Labute approximate surface area is 252 Å². The van der Waals surface area contributed by atoms with Gasteiger partial charge in [-0.2, -0.15) is 0 Å². The van der Waals surface area contributed by atoms with Crippen molar-refractivity contribution < 1.29 is 19.0 Å². The highest BCUT2D eigenvalue weighted by molar-refractivity contribution is 5.83. The molecule has 2 N–H and O–H groups in total. The molecule has 1 aliphatic rings. The van der Waals surface area contributed by atoms with Gasteiger partial charge in [0.05, 0.1) is 33.1 Å². The fraction of sp³-hybridized carbons (Fsp3) is 0.278. The predicted molar refractivity (Wildman–Crippen MR) is 171 cm³/mol. The molecule has 0 radical (unpaired) electrons. The molecule has 0 bridgehead atoms. The zero-order chi connectivity index (χ0) is 30.3. The molecule has 7 nitrogen and oxygen atoms in total. The quantitative estimate of drug-likeness (QED) is 0.224. The third-order valence-corrected chi connectivity index (χ3v) is 8.07. The number of hydrogen-bond donors (Lipinski definition) is 2. The van der Waals surface area contributed by atoms with Crippen molar-refractivity contribution in [3.8, 4) is 28.4 Å². The predicted octanol–water partition coefficient (Wildman–Crippen LogP) is 6.50. The fourth-order valence-electron chi connectivity index (χ4n) is 6.10. The molecule has 0 aromatic heterocycles. The van der Waals surface area contributed by atoms with Gasteiger partial charge in [-0.05, 0) is 65.3 Å². The number of fused-ring (bicyclic) bond motifs is 3. The first-order valence-electron chi connectivity index (χ1n) is 14.6. The van der Waals surface area contributed by atoms with E-state index in [4.69, 9.17) is 14.2 Å². The number of anilines is 1. The summed E-state index contributed by atoms with van der Waals surface area (Å²) in [4.78, 5) is 25.9. The van der Waals surface area contributed by atoms with Crippen LogP contribution in [0.4, 0.5) is 5.69 Å². The maximum absolute atomic E-state index is 13.7. The molecular weight excluding hydrogens is 540 g/mol. The van der Waals surface area contributed by atoms with E-state index >= 15 is 0 Å². The van der Waals surface area contributed by atoms with E-state index < -0.39 is 0 Å². The van der Waals surface area contributed by atoms with Crippen molar-refractivity contribution in [1.29, 1.82) is 0 Å². The summed E-state index contributed by atoms with van der Waals surface area (Å²) in [5.41, 5.74) is 6.18. The molecule has 0 saturated carbocycles. The van der Waals surface area contributed by atoms with Crippen molar-refractivity contribution in [2.24, 2.45) is 0 Å². The average Bonchev–Trinajstić information content (AvgIpc) is 3.27. The number of carbonyl (C=O) groups is 1. The largest absolute Gasteiger partial charge is 0.493 e. The standard InChI is InChI=1S/C36H38N2O5/c1-23(39)38-30-17-15-26-21-33(41-2)35(42-3)36(43-4)34(26)28-16-18-31(32(40)22-29(28)30)37-20-19-27(24-11-7-5-8-12-24)25-13-9-6-10-14-25/h5-14,16,18,21-22,27,30H,15,17,19-20H2,1-4H3,(H,37,40)(H,38,39)/t30-/m1/s1. The van der Waals surface area contributed by atoms with Gasteiger partial charge in [-0.3, -0.25) is 9.59 Å². The molecule has 0 aliphatic heterocycles. The Balaban J connectivity index is 1.54. The summed E-state index contributed by atoms with van der Waals surface area (Å²) in [6.45, 7) is 2.09. The second-order valence-electron chi connectivity index (χ2n) is 10.7. The van der Waals surface area contributed by atoms with Crippen LogP contribution >= 0.6 is 0 Å². The first-order valence-corrected chi connectivity index (χ1v) is 14.6. The zero-order valence-electron chi connectivity index (χ0n) is 25.1. The fourth-order valence-corrected chi connectivity index (χ4v) is 6.10. The van der Waals surface area contributed by atoms with Gasteiger partial charge in [0.25, 0.3) is 0 Å². The lowest BCUT2D eigenvalue weighted by atomic mass is 9.88. The van der Waals surface area contributed by atoms with Gasteiger partial charge in [-0.15, -0.1) is 0 Å². The molecule has 0 unspecified atom stereocenters. The Morgan fingerprint density at radius 1 is 0.860 bits per heavy atom. The molecule has 7 heteroatoms. The monoisotopic (exact) mass is 578 g/mol. The maximum Gasteiger partial charge on any atom is 0.217 e. The third-order valence-electron chi connectivity index (χ3n) is 8.07. The van der Waals surface area contributed by atoms with Crippen LogP contribution in [0.3, 0.4) is 0 Å². The highest BCUT2D eigenvalue weighted by Crippen LogP contribution is 2.50. The first-order chi connectivity index (χ1) is 20.9. The van der Waals surface area contributed by atoms with Crippen molar-refractivity contribution in [2.45, 2.75) is 38.1 Å². The number of ether oxygens (including phenoxy) is 3. The topological polar surface area (TPSA) is 85.9 Å². The Kier molecular flexibility index (Phi) is 9.30. The second kappa shape index (κ2) is 13.5. The number of hydrogen-bond acceptors (Lipinski definition) is 6. The van der Waals surface area contributed by atoms with Crippen LogP contribution in [-0.4, -0.2) is 33.8 Å². The average molecular weight is 579 g/mol. The van der Waals surface area contributed by atoms with Gasteiger partial charge in [-0.1, -0.05) is 66.7 Å². The molecule has 0 saturated heterocycles. The van der Waals surface area contributed by atoms with Crippen molar-refractivity contribution >= 4 is 11.6 Å². The summed E-state index contributed by atoms with van der Waals surface area (Å²) in [7, 11) is 4.76. The van der Waals surface area contributed by atoms with Crippen molar-refractivity contribution in [2.75, 3.05) is 33.2 Å². The number of aryl methyl sites for hydroxylation is 1. The van der Waals surface area contributed by atoms with Crippen LogP contribution in [0.25, 0.3) is 11.1 Å². The molecule has 0 fully saturated rings. The van der Waals surface area contributed by atoms with E-state index in [1.165, 1.54) is 18.1 Å². The SMILES string of the molecule is COc1cc2c(c(OC)c1OC)-c1ccc(NCCC(c3ccccc3)c3ccccc3)c(=O)cc1[C@H](NC(C)=O)CC2. The zero-order valence-corrected chi connectivity index (χ0v) is 25.1. The summed E-state index contributed by atoms with van der Waals surface area (Å²) in [6, 6.07) is 27.9. The van der Waals surface area contributed by atoms with E-state index in [1.54, 1.807) is 27.4 Å². The van der Waals surface area contributed by atoms with Crippen LogP contribution in [0, 0.1) is 0 Å². The Morgan fingerprint density at radius 2 is 1.51 bits per heavy atom. The normalized spacial score (nSPS) is 13.7. The van der Waals surface area contributed by atoms with Crippen LogP contribution in [0.1, 0.15) is 54.0 Å². The molecule has 4 aromatic carbocycles. The van der Waals surface area contributed by atoms with Crippen molar-refractivity contribution in [3.05, 3.63) is 117 Å². The van der Waals surface area contributed by atoms with E-state index in [9.17, 15) is 9.59 Å². The molecule has 4 aromatic rings. The molecule has 222 valence electrons. The molecule has 1 aliphatic carbocycles. The first kappa shape index (κ1) is 29.7. The van der Waals surface area contributed by atoms with Crippen LogP contribution in [0.2, 0.25) is 0 Å². The number of rotatable bonds is 10. The molecule has 0 heterocycles. The van der Waals surface area contributed by atoms with Crippen LogP contribution in [-0.2, 0) is 11.2 Å². The maximum atomic E-state index is 13.7. The summed E-state index contributed by atoms with van der Waals surface area (Å²) < 4.78 is 17.2. The molecule has 1 amide bonds. The van der Waals surface area contributed by atoms with Crippen LogP contribution in [0.5, 0.6) is 17.2 Å². The number of nitrogens with one attached hydrogen (secondary N) is 2. The lowest BCUT2D eigenvalue weighted by Gasteiger charge is -2.19. The van der Waals surface area contributed by atoms with Gasteiger partial charge >= 0.3 is 0 Å². The summed E-state index contributed by atoms with van der Waals surface area (Å²) >= 11 is 0. The van der Waals surface area contributed by atoms with Gasteiger partial charge < -0.3 is 24.8 Å². The number of benzene rings is 3. The van der Waals surface area contributed by atoms with E-state index in [1.807, 2.05) is 30.3 Å². The van der Waals surface area contributed by atoms with E-state index in [2.05, 4.69) is 59.2 Å².